The van der Waals surface area contributed by atoms with E-state index in [4.69, 9.17) is 19.6 Å². The van der Waals surface area contributed by atoms with E-state index in [2.05, 4.69) is 15.2 Å². The number of rotatable bonds is 11. The molecule has 0 unspecified atom stereocenters. The average Bonchev–Trinajstić information content (AvgIpc) is 3.37. The van der Waals surface area contributed by atoms with E-state index >= 15 is 0 Å². The van der Waals surface area contributed by atoms with Crippen LogP contribution < -0.4 is 21.4 Å². The van der Waals surface area contributed by atoms with E-state index in [-0.39, 0.29) is 41.1 Å². The summed E-state index contributed by atoms with van der Waals surface area (Å²) >= 11 is 1.03. The molecule has 2 heterocycles. The maximum atomic E-state index is 13.6. The summed E-state index contributed by atoms with van der Waals surface area (Å²) in [5.41, 5.74) is 5.31. The van der Waals surface area contributed by atoms with Crippen molar-refractivity contribution in [2.75, 3.05) is 32.0 Å². The summed E-state index contributed by atoms with van der Waals surface area (Å²) in [5.74, 6) is -1.27. The smallest absolute Gasteiger partial charge is 0.320 e. The predicted octanol–water partition coefficient (Wildman–Crippen LogP) is 2.34. The van der Waals surface area contributed by atoms with Crippen molar-refractivity contribution in [3.8, 4) is 11.5 Å². The molecule has 0 saturated carbocycles. The van der Waals surface area contributed by atoms with Crippen molar-refractivity contribution < 1.29 is 32.8 Å². The van der Waals surface area contributed by atoms with Crippen molar-refractivity contribution in [1.29, 1.82) is 0 Å². The van der Waals surface area contributed by atoms with E-state index in [1.54, 1.807) is 34.6 Å². The van der Waals surface area contributed by atoms with Crippen LogP contribution in [0.15, 0.2) is 16.5 Å². The molecule has 0 aliphatic rings. The second kappa shape index (κ2) is 11.1. The second-order valence-electron chi connectivity index (χ2n) is 7.84. The molecule has 0 aliphatic carbocycles. The van der Waals surface area contributed by atoms with E-state index < -0.39 is 37.9 Å². The van der Waals surface area contributed by atoms with Crippen LogP contribution in [0, 0.1) is 5.41 Å². The molecule has 0 saturated heterocycles. The number of thiazole rings is 1. The van der Waals surface area contributed by atoms with Gasteiger partial charge in [-0.3, -0.25) is 18.9 Å². The number of nitrogens with two attached hydrogens (primary N) is 1. The molecule has 0 fully saturated rings. The molecular weight excluding hydrogens is 471 g/mol. The normalized spacial score (nSPS) is 11.9. The molecule has 0 radical (unpaired) electrons. The van der Waals surface area contributed by atoms with Gasteiger partial charge in [-0.15, -0.1) is 0 Å². The first-order chi connectivity index (χ1) is 15.4. The molecule has 2 aromatic rings. The maximum Gasteiger partial charge on any atom is 0.320 e. The predicted molar refractivity (Wildman–Crippen MR) is 125 cm³/mol. The van der Waals surface area contributed by atoms with Crippen LogP contribution in [0.4, 0.5) is 5.13 Å². The Labute approximate surface area is 195 Å². The zero-order valence-electron chi connectivity index (χ0n) is 19.2. The van der Waals surface area contributed by atoms with Crippen LogP contribution in [0.1, 0.15) is 44.3 Å². The lowest BCUT2D eigenvalue weighted by Crippen LogP contribution is -2.36. The number of furan rings is 1. The number of ketones is 1. The number of ether oxygens (including phenoxy) is 2. The van der Waals surface area contributed by atoms with Crippen molar-refractivity contribution in [2.24, 2.45) is 5.41 Å². The molecule has 2 rings (SSSR count). The lowest BCUT2D eigenvalue weighted by atomic mass is 9.89. The van der Waals surface area contributed by atoms with Gasteiger partial charge in [-0.1, -0.05) is 32.1 Å². The minimum absolute atomic E-state index is 0.0770. The Morgan fingerprint density at radius 3 is 2.12 bits per heavy atom. The van der Waals surface area contributed by atoms with Crippen molar-refractivity contribution in [2.45, 2.75) is 34.6 Å². The van der Waals surface area contributed by atoms with Crippen LogP contribution >= 0.6 is 18.8 Å². The minimum atomic E-state index is -3.80. The molecule has 182 valence electrons. The largest absolute Gasteiger partial charge is 0.465 e. The highest BCUT2D eigenvalue weighted by Gasteiger charge is 2.33. The fourth-order valence-electron chi connectivity index (χ4n) is 2.61. The van der Waals surface area contributed by atoms with Crippen LogP contribution in [0.25, 0.3) is 11.5 Å². The third-order valence-corrected chi connectivity index (χ3v) is 7.12. The number of hydrogen-bond donors (Lipinski definition) is 3. The first kappa shape index (κ1) is 26.7. The van der Waals surface area contributed by atoms with Gasteiger partial charge in [-0.05, 0) is 26.0 Å². The van der Waals surface area contributed by atoms with Crippen LogP contribution in [0.3, 0.4) is 0 Å². The highest BCUT2D eigenvalue weighted by Crippen LogP contribution is 2.39. The number of aromatic nitrogens is 1. The molecule has 0 spiro atoms. The lowest BCUT2D eigenvalue weighted by Gasteiger charge is -2.18. The van der Waals surface area contributed by atoms with E-state index in [1.807, 2.05) is 0 Å². The molecular formula is C20H29N4O7PS. The summed E-state index contributed by atoms with van der Waals surface area (Å²) in [4.78, 5) is 40.9. The molecule has 0 aromatic carbocycles. The Kier molecular flexibility index (Phi) is 8.96. The highest BCUT2D eigenvalue weighted by molar-refractivity contribution is 7.67. The third-order valence-electron chi connectivity index (χ3n) is 4.17. The summed E-state index contributed by atoms with van der Waals surface area (Å²) in [6.07, 6.45) is 0. The first-order valence-electron chi connectivity index (χ1n) is 10.2. The van der Waals surface area contributed by atoms with Gasteiger partial charge >= 0.3 is 11.9 Å². The van der Waals surface area contributed by atoms with Gasteiger partial charge in [-0.25, -0.2) is 15.2 Å². The molecule has 11 nitrogen and oxygen atoms in total. The number of nitrogens with zero attached hydrogens (tertiary/aromatic N) is 1. The Morgan fingerprint density at radius 2 is 1.64 bits per heavy atom. The number of Topliss-reactive ketones (excluding diaryl/α,β-unsaturated/α-hetero) is 1. The molecule has 0 amide bonds. The summed E-state index contributed by atoms with van der Waals surface area (Å²) in [6.45, 7) is 8.13. The quantitative estimate of drug-likeness (QED) is 0.236. The SMILES string of the molecule is CCOC(=O)CNP(=O)(NCC(=O)OCC)c1ccc(-c2nc(N)sc2C(=O)C(C)(C)C)o1. The number of carbonyl (C=O) groups excluding carboxylic acids is 3. The Bertz CT molecular complexity index is 1030. The van der Waals surface area contributed by atoms with Gasteiger partial charge in [-0.2, -0.15) is 0 Å². The standard InChI is InChI=1S/C20H29N4O7PS/c1-6-29-13(25)10-22-32(28,23-11-14(26)30-7-2)15-9-8-12(31-15)16-17(33-19(21)24-16)18(27)20(3,4)5/h8-9H,6-7,10-11H2,1-5H3,(H2,21,24)(H2,22,23,28). The fourth-order valence-corrected chi connectivity index (χ4v) is 5.24. The van der Waals surface area contributed by atoms with Crippen LogP contribution in [0.2, 0.25) is 0 Å². The van der Waals surface area contributed by atoms with E-state index in [1.165, 1.54) is 12.1 Å². The maximum absolute atomic E-state index is 13.6. The van der Waals surface area contributed by atoms with Gasteiger partial charge in [0.2, 0.25) is 0 Å². The van der Waals surface area contributed by atoms with E-state index in [0.29, 0.717) is 4.88 Å². The number of nitrogen functional groups attached to an aromatic ring is 1. The highest BCUT2D eigenvalue weighted by atomic mass is 32.1. The summed E-state index contributed by atoms with van der Waals surface area (Å²) in [5, 5.41) is 5.35. The van der Waals surface area contributed by atoms with Gasteiger partial charge in [0, 0.05) is 5.41 Å². The molecule has 0 atom stereocenters. The van der Waals surface area contributed by atoms with E-state index in [0.717, 1.165) is 11.3 Å². The van der Waals surface area contributed by atoms with Crippen molar-refractivity contribution >= 4 is 47.1 Å². The first-order valence-corrected chi connectivity index (χ1v) is 12.8. The van der Waals surface area contributed by atoms with Gasteiger partial charge < -0.3 is 19.6 Å². The van der Waals surface area contributed by atoms with Crippen molar-refractivity contribution in [3.63, 3.8) is 0 Å². The topological polar surface area (TPSA) is 163 Å². The van der Waals surface area contributed by atoms with Crippen LogP contribution in [0.5, 0.6) is 0 Å². The zero-order valence-corrected chi connectivity index (χ0v) is 20.9. The monoisotopic (exact) mass is 500 g/mol. The molecule has 2 aromatic heterocycles. The Balaban J connectivity index is 2.38. The summed E-state index contributed by atoms with van der Waals surface area (Å²) in [6, 6.07) is 2.90. The third kappa shape index (κ3) is 6.97. The van der Waals surface area contributed by atoms with Crippen molar-refractivity contribution in [1.82, 2.24) is 15.2 Å². The zero-order chi connectivity index (χ0) is 24.8. The number of carbonyl (C=O) groups is 3. The summed E-state index contributed by atoms with van der Waals surface area (Å²) in [7, 11) is -3.80. The molecule has 33 heavy (non-hydrogen) atoms. The van der Waals surface area contributed by atoms with E-state index in [9.17, 15) is 18.9 Å². The Hall–Kier alpha value is -2.53. The van der Waals surface area contributed by atoms with Crippen LogP contribution in [-0.2, 0) is 23.6 Å². The second-order valence-corrected chi connectivity index (χ2v) is 11.2. The van der Waals surface area contributed by atoms with Gasteiger partial charge in [0.05, 0.1) is 13.2 Å². The van der Waals surface area contributed by atoms with Gasteiger partial charge in [0.1, 0.15) is 23.7 Å². The average molecular weight is 501 g/mol. The van der Waals surface area contributed by atoms with Crippen molar-refractivity contribution in [3.05, 3.63) is 17.0 Å². The summed E-state index contributed by atoms with van der Waals surface area (Å²) < 4.78 is 29.1. The number of anilines is 1. The molecule has 0 bridgehead atoms. The minimum Gasteiger partial charge on any atom is -0.465 e. The van der Waals surface area contributed by atoms with Crippen LogP contribution in [-0.4, -0.2) is 49.0 Å². The molecule has 13 heteroatoms. The molecule has 0 aliphatic heterocycles. The Morgan fingerprint density at radius 1 is 1.09 bits per heavy atom. The fraction of sp³-hybridized carbons (Fsp3) is 0.500. The number of nitrogens with one attached hydrogen (secondary N) is 2. The number of esters is 2. The number of hydrogen-bond acceptors (Lipinski definition) is 10. The van der Waals surface area contributed by atoms with Gasteiger partial charge in [0.15, 0.2) is 22.2 Å². The molecule has 4 N–H and O–H groups in total. The van der Waals surface area contributed by atoms with Gasteiger partial charge in [0.25, 0.3) is 7.44 Å². The lowest BCUT2D eigenvalue weighted by molar-refractivity contribution is -0.142.